The Labute approximate surface area is 152 Å². The number of benzene rings is 1. The van der Waals surface area contributed by atoms with Gasteiger partial charge in [-0.2, -0.15) is 5.10 Å². The average Bonchev–Trinajstić information content (AvgIpc) is 3.01. The fourth-order valence-corrected chi connectivity index (χ4v) is 2.80. The monoisotopic (exact) mass is 350 g/mol. The van der Waals surface area contributed by atoms with Gasteiger partial charge in [0.05, 0.1) is 17.4 Å². The zero-order chi connectivity index (χ0) is 18.5. The van der Waals surface area contributed by atoms with Crippen LogP contribution >= 0.6 is 0 Å². The predicted molar refractivity (Wildman–Crippen MR) is 99.4 cm³/mol. The minimum atomic E-state index is -0.193. The van der Waals surface area contributed by atoms with Crippen molar-refractivity contribution in [2.24, 2.45) is 0 Å². The van der Waals surface area contributed by atoms with Crippen LogP contribution < -0.4 is 5.32 Å². The summed E-state index contributed by atoms with van der Waals surface area (Å²) in [6, 6.07) is 15.3. The molecule has 1 unspecified atom stereocenters. The fourth-order valence-electron chi connectivity index (χ4n) is 2.80. The second-order valence-electron chi connectivity index (χ2n) is 6.09. The normalized spacial score (nSPS) is 12.0. The summed E-state index contributed by atoms with van der Waals surface area (Å²) in [5, 5.41) is 7.29. The van der Waals surface area contributed by atoms with E-state index >= 15 is 0 Å². The second kappa shape index (κ2) is 7.93. The molecule has 6 heteroatoms. The molecular weight excluding hydrogens is 328 g/mol. The zero-order valence-electron chi connectivity index (χ0n) is 15.1. The van der Waals surface area contributed by atoms with E-state index in [-0.39, 0.29) is 12.0 Å². The summed E-state index contributed by atoms with van der Waals surface area (Å²) >= 11 is 0. The van der Waals surface area contributed by atoms with Gasteiger partial charge >= 0.3 is 0 Å². The Balaban J connectivity index is 1.66. The average molecular weight is 350 g/mol. The van der Waals surface area contributed by atoms with Crippen LogP contribution in [-0.4, -0.2) is 34.3 Å². The standard InChI is InChI=1S/C20H22N4O2/c1-14-11-15(2)24(23-14)19-10-9-17(12-21-19)20(25)22-13-18(26-3)16-7-5-4-6-8-16/h4-12,18H,13H2,1-3H3,(H,22,25). The molecule has 0 aliphatic rings. The van der Waals surface area contributed by atoms with E-state index in [4.69, 9.17) is 4.74 Å². The molecule has 3 rings (SSSR count). The molecule has 1 aromatic carbocycles. The van der Waals surface area contributed by atoms with Crippen molar-refractivity contribution >= 4 is 5.91 Å². The highest BCUT2D eigenvalue weighted by atomic mass is 16.5. The lowest BCUT2D eigenvalue weighted by atomic mass is 10.1. The largest absolute Gasteiger partial charge is 0.375 e. The van der Waals surface area contributed by atoms with Crippen LogP contribution in [0, 0.1) is 13.8 Å². The molecule has 3 aromatic rings. The first-order chi connectivity index (χ1) is 12.6. The Hall–Kier alpha value is -2.99. The number of nitrogens with one attached hydrogen (secondary N) is 1. The lowest BCUT2D eigenvalue weighted by Crippen LogP contribution is -2.29. The van der Waals surface area contributed by atoms with Crippen LogP contribution in [-0.2, 0) is 4.74 Å². The molecule has 1 atom stereocenters. The maximum atomic E-state index is 12.4. The van der Waals surface area contributed by atoms with Crippen LogP contribution in [0.2, 0.25) is 0 Å². The summed E-state index contributed by atoms with van der Waals surface area (Å²) in [6.07, 6.45) is 1.37. The van der Waals surface area contributed by atoms with Crippen LogP contribution in [0.5, 0.6) is 0 Å². The van der Waals surface area contributed by atoms with Gasteiger partial charge in [0.15, 0.2) is 5.82 Å². The topological polar surface area (TPSA) is 69.0 Å². The van der Waals surface area contributed by atoms with E-state index in [1.807, 2.05) is 50.2 Å². The number of aromatic nitrogens is 3. The number of hydrogen-bond donors (Lipinski definition) is 1. The first-order valence-electron chi connectivity index (χ1n) is 8.44. The van der Waals surface area contributed by atoms with Gasteiger partial charge in [0.2, 0.25) is 0 Å². The Bertz CT molecular complexity index is 873. The number of nitrogens with zero attached hydrogens (tertiary/aromatic N) is 3. The summed E-state index contributed by atoms with van der Waals surface area (Å²) in [6.45, 7) is 4.29. The van der Waals surface area contributed by atoms with Crippen LogP contribution in [0.3, 0.4) is 0 Å². The first-order valence-corrected chi connectivity index (χ1v) is 8.44. The summed E-state index contributed by atoms with van der Waals surface area (Å²) in [5.41, 5.74) is 3.45. The van der Waals surface area contributed by atoms with E-state index in [0.29, 0.717) is 17.9 Å². The molecule has 2 aromatic heterocycles. The highest BCUT2D eigenvalue weighted by Crippen LogP contribution is 2.15. The minimum absolute atomic E-state index is 0.185. The number of amides is 1. The molecule has 0 saturated carbocycles. The van der Waals surface area contributed by atoms with Crippen molar-refractivity contribution in [3.63, 3.8) is 0 Å². The van der Waals surface area contributed by atoms with E-state index in [1.165, 1.54) is 0 Å². The Morgan fingerprint density at radius 3 is 2.54 bits per heavy atom. The third-order valence-electron chi connectivity index (χ3n) is 4.14. The van der Waals surface area contributed by atoms with Crippen molar-refractivity contribution in [1.82, 2.24) is 20.1 Å². The Morgan fingerprint density at radius 2 is 1.96 bits per heavy atom. The van der Waals surface area contributed by atoms with Crippen molar-refractivity contribution in [2.45, 2.75) is 20.0 Å². The summed E-state index contributed by atoms with van der Waals surface area (Å²) in [4.78, 5) is 16.7. The first kappa shape index (κ1) is 17.8. The summed E-state index contributed by atoms with van der Waals surface area (Å²) < 4.78 is 7.23. The van der Waals surface area contributed by atoms with Crippen molar-refractivity contribution < 1.29 is 9.53 Å². The number of ether oxygens (including phenoxy) is 1. The van der Waals surface area contributed by atoms with Crippen molar-refractivity contribution in [3.05, 3.63) is 77.2 Å². The van der Waals surface area contributed by atoms with Crippen LogP contribution in [0.4, 0.5) is 0 Å². The number of pyridine rings is 1. The second-order valence-corrected chi connectivity index (χ2v) is 6.09. The molecular formula is C20H22N4O2. The van der Waals surface area contributed by atoms with Gasteiger partial charge in [0.1, 0.15) is 0 Å². The van der Waals surface area contributed by atoms with Gasteiger partial charge in [-0.1, -0.05) is 30.3 Å². The van der Waals surface area contributed by atoms with E-state index in [0.717, 1.165) is 17.0 Å². The third-order valence-corrected chi connectivity index (χ3v) is 4.14. The molecule has 6 nitrogen and oxygen atoms in total. The number of carbonyl (C=O) groups is 1. The maximum Gasteiger partial charge on any atom is 0.252 e. The molecule has 134 valence electrons. The molecule has 1 amide bonds. The highest BCUT2D eigenvalue weighted by molar-refractivity contribution is 5.93. The fraction of sp³-hybridized carbons (Fsp3) is 0.250. The maximum absolute atomic E-state index is 12.4. The number of carbonyl (C=O) groups excluding carboxylic acids is 1. The minimum Gasteiger partial charge on any atom is -0.375 e. The number of rotatable bonds is 6. The van der Waals surface area contributed by atoms with Gasteiger partial charge in [0.25, 0.3) is 5.91 Å². The summed E-state index contributed by atoms with van der Waals surface area (Å²) in [7, 11) is 1.63. The van der Waals surface area contributed by atoms with E-state index in [1.54, 1.807) is 30.1 Å². The molecule has 0 fully saturated rings. The lowest BCUT2D eigenvalue weighted by molar-refractivity contribution is 0.0827. The van der Waals surface area contributed by atoms with E-state index in [9.17, 15) is 4.79 Å². The third kappa shape index (κ3) is 3.97. The molecule has 26 heavy (non-hydrogen) atoms. The SMILES string of the molecule is COC(CNC(=O)c1ccc(-n2nc(C)cc2C)nc1)c1ccccc1. The van der Waals surface area contributed by atoms with Crippen molar-refractivity contribution in [2.75, 3.05) is 13.7 Å². The molecule has 0 aliphatic carbocycles. The number of methoxy groups -OCH3 is 1. The molecule has 0 radical (unpaired) electrons. The molecule has 1 N–H and O–H groups in total. The smallest absolute Gasteiger partial charge is 0.252 e. The Kier molecular flexibility index (Phi) is 5.43. The van der Waals surface area contributed by atoms with Gasteiger partial charge in [0, 0.05) is 25.5 Å². The van der Waals surface area contributed by atoms with E-state index in [2.05, 4.69) is 15.4 Å². The summed E-state index contributed by atoms with van der Waals surface area (Å²) in [5.74, 6) is 0.501. The quantitative estimate of drug-likeness (QED) is 0.742. The van der Waals surface area contributed by atoms with Crippen molar-refractivity contribution in [3.8, 4) is 5.82 Å². The van der Waals surface area contributed by atoms with E-state index < -0.39 is 0 Å². The van der Waals surface area contributed by atoms with Gasteiger partial charge in [-0.05, 0) is 37.6 Å². The number of aryl methyl sites for hydroxylation is 2. The van der Waals surface area contributed by atoms with Crippen LogP contribution in [0.15, 0.2) is 54.7 Å². The zero-order valence-corrected chi connectivity index (χ0v) is 15.1. The highest BCUT2D eigenvalue weighted by Gasteiger charge is 2.13. The van der Waals surface area contributed by atoms with Gasteiger partial charge in [-0.3, -0.25) is 4.79 Å². The van der Waals surface area contributed by atoms with Gasteiger partial charge < -0.3 is 10.1 Å². The molecule has 0 saturated heterocycles. The molecule has 0 aliphatic heterocycles. The van der Waals surface area contributed by atoms with Gasteiger partial charge in [-0.25, -0.2) is 9.67 Å². The van der Waals surface area contributed by atoms with Crippen LogP contribution in [0.1, 0.15) is 33.4 Å². The van der Waals surface area contributed by atoms with Crippen molar-refractivity contribution in [1.29, 1.82) is 0 Å². The lowest BCUT2D eigenvalue weighted by Gasteiger charge is -2.16. The number of hydrogen-bond acceptors (Lipinski definition) is 4. The van der Waals surface area contributed by atoms with Gasteiger partial charge in [-0.15, -0.1) is 0 Å². The molecule has 0 spiro atoms. The molecule has 2 heterocycles. The predicted octanol–water partition coefficient (Wildman–Crippen LogP) is 3.00. The Morgan fingerprint density at radius 1 is 1.19 bits per heavy atom. The molecule has 0 bridgehead atoms. The van der Waals surface area contributed by atoms with Crippen LogP contribution in [0.25, 0.3) is 5.82 Å².